The summed E-state index contributed by atoms with van der Waals surface area (Å²) in [6.07, 6.45) is -1.43. The maximum absolute atomic E-state index is 13.4. The minimum atomic E-state index is -1.15. The number of nitrogens with one attached hydrogen (secondary N) is 2. The maximum Gasteiger partial charge on any atom is 0.321 e. The van der Waals surface area contributed by atoms with Crippen molar-refractivity contribution in [2.45, 2.75) is 26.4 Å². The highest BCUT2D eigenvalue weighted by atomic mass is 19.1. The molecule has 114 valence electrons. The third kappa shape index (κ3) is 5.60. The predicted octanol–water partition coefficient (Wildman–Crippen LogP) is 1.15. The molecule has 0 aliphatic rings. The number of amides is 3. The summed E-state index contributed by atoms with van der Waals surface area (Å²) in [6, 6.07) is 5.12. The van der Waals surface area contributed by atoms with Crippen LogP contribution in [0.25, 0.3) is 0 Å². The molecule has 0 saturated carbocycles. The Morgan fingerprint density at radius 3 is 2.57 bits per heavy atom. The van der Waals surface area contributed by atoms with E-state index >= 15 is 0 Å². The molecular weight excluding hydrogens is 279 g/mol. The van der Waals surface area contributed by atoms with E-state index in [9.17, 15) is 18.8 Å². The summed E-state index contributed by atoms with van der Waals surface area (Å²) in [5.74, 6) is -2.02. The number of esters is 1. The molecule has 1 aromatic carbocycles. The van der Waals surface area contributed by atoms with Gasteiger partial charge >= 0.3 is 12.0 Å². The van der Waals surface area contributed by atoms with Crippen molar-refractivity contribution in [1.82, 2.24) is 10.6 Å². The van der Waals surface area contributed by atoms with Crippen molar-refractivity contribution in [1.29, 1.82) is 0 Å². The number of hydrogen-bond acceptors (Lipinski definition) is 4. The highest BCUT2D eigenvalue weighted by Gasteiger charge is 2.20. The van der Waals surface area contributed by atoms with E-state index in [0.29, 0.717) is 6.54 Å². The van der Waals surface area contributed by atoms with Crippen molar-refractivity contribution in [3.05, 3.63) is 35.6 Å². The van der Waals surface area contributed by atoms with E-state index in [1.807, 2.05) is 5.32 Å². The van der Waals surface area contributed by atoms with Crippen molar-refractivity contribution >= 4 is 17.9 Å². The molecule has 0 spiro atoms. The molecule has 1 rings (SSSR count). The van der Waals surface area contributed by atoms with Crippen LogP contribution in [0, 0.1) is 5.82 Å². The van der Waals surface area contributed by atoms with E-state index in [4.69, 9.17) is 4.74 Å². The molecule has 0 fully saturated rings. The first-order valence-corrected chi connectivity index (χ1v) is 6.45. The molecule has 0 heterocycles. The number of imide groups is 1. The van der Waals surface area contributed by atoms with Gasteiger partial charge in [-0.05, 0) is 25.5 Å². The van der Waals surface area contributed by atoms with Gasteiger partial charge in [0.1, 0.15) is 5.82 Å². The summed E-state index contributed by atoms with van der Waals surface area (Å²) in [5, 5.41) is 4.39. The molecule has 0 aromatic heterocycles. The molecule has 0 aliphatic carbocycles. The fraction of sp³-hybridized carbons (Fsp3) is 0.357. The van der Waals surface area contributed by atoms with E-state index in [0.717, 1.165) is 0 Å². The molecule has 7 heteroatoms. The van der Waals surface area contributed by atoms with Crippen LogP contribution in [-0.4, -0.2) is 30.6 Å². The SMILES string of the molecule is CCNC(=O)NC(=O)[C@@H](C)OC(=O)Cc1ccccc1F. The summed E-state index contributed by atoms with van der Waals surface area (Å²) in [6.45, 7) is 3.39. The second-order valence-corrected chi connectivity index (χ2v) is 4.25. The summed E-state index contributed by atoms with van der Waals surface area (Å²) in [5.41, 5.74) is 0.179. The van der Waals surface area contributed by atoms with E-state index in [1.54, 1.807) is 13.0 Å². The average Bonchev–Trinajstić information content (AvgIpc) is 2.41. The minimum Gasteiger partial charge on any atom is -0.452 e. The van der Waals surface area contributed by atoms with Crippen LogP contribution in [0.3, 0.4) is 0 Å². The van der Waals surface area contributed by atoms with Gasteiger partial charge in [-0.1, -0.05) is 18.2 Å². The molecule has 0 unspecified atom stereocenters. The van der Waals surface area contributed by atoms with Crippen molar-refractivity contribution in [2.24, 2.45) is 0 Å². The van der Waals surface area contributed by atoms with Gasteiger partial charge in [0.25, 0.3) is 5.91 Å². The van der Waals surface area contributed by atoms with E-state index in [-0.39, 0.29) is 12.0 Å². The zero-order valence-electron chi connectivity index (χ0n) is 11.8. The Hall–Kier alpha value is -2.44. The van der Waals surface area contributed by atoms with Gasteiger partial charge in [-0.25, -0.2) is 9.18 Å². The largest absolute Gasteiger partial charge is 0.452 e. The molecule has 0 radical (unpaired) electrons. The minimum absolute atomic E-state index is 0.179. The number of carbonyl (C=O) groups is 3. The van der Waals surface area contributed by atoms with E-state index < -0.39 is 29.8 Å². The van der Waals surface area contributed by atoms with Gasteiger partial charge in [-0.2, -0.15) is 0 Å². The molecule has 3 amide bonds. The number of rotatable bonds is 5. The second-order valence-electron chi connectivity index (χ2n) is 4.25. The van der Waals surface area contributed by atoms with Crippen LogP contribution < -0.4 is 10.6 Å². The number of halogens is 1. The zero-order valence-corrected chi connectivity index (χ0v) is 11.8. The first kappa shape index (κ1) is 16.6. The van der Waals surface area contributed by atoms with Gasteiger partial charge < -0.3 is 10.1 Å². The molecule has 1 aromatic rings. The van der Waals surface area contributed by atoms with Gasteiger partial charge in [0, 0.05) is 6.54 Å². The van der Waals surface area contributed by atoms with Crippen LogP contribution in [0.15, 0.2) is 24.3 Å². The maximum atomic E-state index is 13.4. The number of hydrogen-bond donors (Lipinski definition) is 2. The topological polar surface area (TPSA) is 84.5 Å². The number of benzene rings is 1. The highest BCUT2D eigenvalue weighted by Crippen LogP contribution is 2.08. The molecule has 1 atom stereocenters. The molecule has 0 bridgehead atoms. The number of urea groups is 1. The van der Waals surface area contributed by atoms with Crippen LogP contribution in [0.4, 0.5) is 9.18 Å². The third-order valence-electron chi connectivity index (χ3n) is 2.54. The number of carbonyl (C=O) groups excluding carboxylic acids is 3. The quantitative estimate of drug-likeness (QED) is 0.798. The monoisotopic (exact) mass is 296 g/mol. The van der Waals surface area contributed by atoms with Gasteiger partial charge in [0.05, 0.1) is 6.42 Å². The average molecular weight is 296 g/mol. The van der Waals surface area contributed by atoms with Gasteiger partial charge in [0.15, 0.2) is 6.10 Å². The second kappa shape index (κ2) is 7.98. The van der Waals surface area contributed by atoms with Crippen LogP contribution in [-0.2, 0) is 20.7 Å². The standard InChI is InChI=1S/C14H17FN2O4/c1-3-16-14(20)17-13(19)9(2)21-12(18)8-10-6-4-5-7-11(10)15/h4-7,9H,3,8H2,1-2H3,(H2,16,17,19,20)/t9-/m1/s1. The predicted molar refractivity (Wildman–Crippen MR) is 72.9 cm³/mol. The lowest BCUT2D eigenvalue weighted by atomic mass is 10.1. The highest BCUT2D eigenvalue weighted by molar-refractivity contribution is 5.97. The Labute approximate surface area is 121 Å². The van der Waals surface area contributed by atoms with Crippen molar-refractivity contribution in [2.75, 3.05) is 6.54 Å². The van der Waals surface area contributed by atoms with Crippen LogP contribution >= 0.6 is 0 Å². The molecule has 0 aliphatic heterocycles. The van der Waals surface area contributed by atoms with Gasteiger partial charge in [0.2, 0.25) is 0 Å². The van der Waals surface area contributed by atoms with Gasteiger partial charge in [-0.15, -0.1) is 0 Å². The lowest BCUT2D eigenvalue weighted by Gasteiger charge is -2.13. The van der Waals surface area contributed by atoms with E-state index in [1.165, 1.54) is 25.1 Å². The lowest BCUT2D eigenvalue weighted by molar-refractivity contribution is -0.153. The summed E-state index contributed by atoms with van der Waals surface area (Å²) in [7, 11) is 0. The summed E-state index contributed by atoms with van der Waals surface area (Å²) in [4.78, 5) is 34.3. The molecule has 21 heavy (non-hydrogen) atoms. The molecule has 2 N–H and O–H groups in total. The van der Waals surface area contributed by atoms with Crippen molar-refractivity contribution < 1.29 is 23.5 Å². The molecular formula is C14H17FN2O4. The Bertz CT molecular complexity index is 533. The number of ether oxygens (including phenoxy) is 1. The first-order valence-electron chi connectivity index (χ1n) is 6.45. The molecule has 0 saturated heterocycles. The molecule has 6 nitrogen and oxygen atoms in total. The smallest absolute Gasteiger partial charge is 0.321 e. The van der Waals surface area contributed by atoms with Gasteiger partial charge in [-0.3, -0.25) is 14.9 Å². The zero-order chi connectivity index (χ0) is 15.8. The first-order chi connectivity index (χ1) is 9.93. The summed E-state index contributed by atoms with van der Waals surface area (Å²) >= 11 is 0. The van der Waals surface area contributed by atoms with Crippen LogP contribution in [0.5, 0.6) is 0 Å². The Balaban J connectivity index is 2.49. The normalized spacial score (nSPS) is 11.4. The fourth-order valence-corrected chi connectivity index (χ4v) is 1.51. The van der Waals surface area contributed by atoms with Crippen molar-refractivity contribution in [3.8, 4) is 0 Å². The Morgan fingerprint density at radius 1 is 1.29 bits per heavy atom. The van der Waals surface area contributed by atoms with Crippen LogP contribution in [0.2, 0.25) is 0 Å². The lowest BCUT2D eigenvalue weighted by Crippen LogP contribution is -2.44. The fourth-order valence-electron chi connectivity index (χ4n) is 1.51. The third-order valence-corrected chi connectivity index (χ3v) is 2.54. The van der Waals surface area contributed by atoms with Crippen molar-refractivity contribution in [3.63, 3.8) is 0 Å². The summed E-state index contributed by atoms with van der Waals surface area (Å²) < 4.78 is 18.2. The van der Waals surface area contributed by atoms with Crippen LogP contribution in [0.1, 0.15) is 19.4 Å². The van der Waals surface area contributed by atoms with E-state index in [2.05, 4.69) is 5.32 Å². The Morgan fingerprint density at radius 2 is 1.95 bits per heavy atom. The Kier molecular flexibility index (Phi) is 6.32.